The molecule has 2 heteroatoms. The average molecular weight is 583 g/mol. The van der Waals surface area contributed by atoms with Crippen LogP contribution in [0.4, 0.5) is 0 Å². The molecule has 0 bridgehead atoms. The maximum Gasteiger partial charge on any atom is 0.119 e. The van der Waals surface area contributed by atoms with Gasteiger partial charge in [-0.3, -0.25) is 0 Å². The van der Waals surface area contributed by atoms with E-state index in [9.17, 15) is 0 Å². The second kappa shape index (κ2) is 10.8. The first-order chi connectivity index (χ1) is 20.6. The van der Waals surface area contributed by atoms with Crippen LogP contribution in [0.2, 0.25) is 0 Å². The van der Waals surface area contributed by atoms with E-state index in [1.807, 2.05) is 14.2 Å². The summed E-state index contributed by atoms with van der Waals surface area (Å²) in [5.41, 5.74) is 7.00. The van der Waals surface area contributed by atoms with E-state index in [0.717, 1.165) is 52.9 Å². The van der Waals surface area contributed by atoms with Gasteiger partial charge in [-0.05, 0) is 157 Å². The molecule has 7 rings (SSSR count). The highest BCUT2D eigenvalue weighted by Crippen LogP contribution is 2.71. The Morgan fingerprint density at radius 3 is 2.00 bits per heavy atom. The van der Waals surface area contributed by atoms with Crippen LogP contribution < -0.4 is 9.47 Å². The zero-order valence-electron chi connectivity index (χ0n) is 28.3. The zero-order valence-corrected chi connectivity index (χ0v) is 28.3. The third-order valence-electron chi connectivity index (χ3n) is 14.7. The minimum atomic E-state index is 0.0812. The van der Waals surface area contributed by atoms with Crippen LogP contribution in [0.3, 0.4) is 0 Å². The van der Waals surface area contributed by atoms with Gasteiger partial charge in [0.05, 0.1) is 14.2 Å². The first-order valence-corrected chi connectivity index (χ1v) is 18.0. The van der Waals surface area contributed by atoms with Gasteiger partial charge < -0.3 is 9.47 Å². The first-order valence-electron chi connectivity index (χ1n) is 18.0. The molecule has 0 saturated heterocycles. The molecule has 0 N–H and O–H groups in total. The maximum atomic E-state index is 5.80. The summed E-state index contributed by atoms with van der Waals surface area (Å²) < 4.78 is 11.6. The van der Waals surface area contributed by atoms with Gasteiger partial charge in [-0.25, -0.2) is 0 Å². The average Bonchev–Trinajstić information content (AvgIpc) is 3.49. The van der Waals surface area contributed by atoms with E-state index >= 15 is 0 Å². The molecule has 43 heavy (non-hydrogen) atoms. The highest BCUT2D eigenvalue weighted by Gasteiger charge is 2.62. The van der Waals surface area contributed by atoms with Crippen LogP contribution in [-0.4, -0.2) is 14.2 Å². The van der Waals surface area contributed by atoms with Gasteiger partial charge >= 0.3 is 0 Å². The first kappa shape index (κ1) is 29.7. The van der Waals surface area contributed by atoms with E-state index in [2.05, 4.69) is 71.0 Å². The molecule has 0 aliphatic heterocycles. The van der Waals surface area contributed by atoms with E-state index in [1.54, 1.807) is 0 Å². The van der Waals surface area contributed by atoms with Crippen LogP contribution in [0.1, 0.15) is 123 Å². The Morgan fingerprint density at radius 2 is 1.37 bits per heavy atom. The minimum Gasteiger partial charge on any atom is -0.497 e. The standard InChI is InChI=1S/C41H58O2/c1-26(2)9-8-10-27(3)34-17-18-35-33-14-11-28-25-41(22-21-39(28,4)36(33)19-20-40(34,35)5)37-23-29(42-6)12-15-31(37)32-16-13-30(43-7)24-38(32)41/h12-13,15-16,23-24,26-28,33-36H,8-11,14,17-22,25H2,1-7H3/t27-,28?,33+,34-,35+,36+,39+,40-/m1/s1. The monoisotopic (exact) mass is 582 g/mol. The van der Waals surface area contributed by atoms with Crippen molar-refractivity contribution >= 4 is 0 Å². The summed E-state index contributed by atoms with van der Waals surface area (Å²) in [7, 11) is 3.63. The molecule has 2 aromatic carbocycles. The number of fused-ring (bicyclic) bond motifs is 10. The van der Waals surface area contributed by atoms with Gasteiger partial charge in [0, 0.05) is 5.41 Å². The fraction of sp³-hybridized carbons (Fsp3) is 0.707. The molecular formula is C41H58O2. The Hall–Kier alpha value is -1.96. The zero-order chi connectivity index (χ0) is 30.1. The van der Waals surface area contributed by atoms with Crippen molar-refractivity contribution in [2.24, 2.45) is 52.3 Å². The lowest BCUT2D eigenvalue weighted by Gasteiger charge is -2.63. The fourth-order valence-corrected chi connectivity index (χ4v) is 12.5. The number of hydrogen-bond acceptors (Lipinski definition) is 2. The third-order valence-corrected chi connectivity index (χ3v) is 14.7. The van der Waals surface area contributed by atoms with Crippen molar-refractivity contribution in [3.8, 4) is 22.6 Å². The molecule has 1 spiro atoms. The summed E-state index contributed by atoms with van der Waals surface area (Å²) in [5, 5.41) is 0. The molecule has 4 fully saturated rings. The second-order valence-corrected chi connectivity index (χ2v) is 16.8. The molecule has 4 saturated carbocycles. The molecule has 5 aliphatic rings. The van der Waals surface area contributed by atoms with Gasteiger partial charge in [0.1, 0.15) is 11.5 Å². The largest absolute Gasteiger partial charge is 0.497 e. The highest BCUT2D eigenvalue weighted by atomic mass is 16.5. The van der Waals surface area contributed by atoms with E-state index in [4.69, 9.17) is 9.47 Å². The molecule has 0 amide bonds. The number of methoxy groups -OCH3 is 2. The van der Waals surface area contributed by atoms with Crippen molar-refractivity contribution in [3.05, 3.63) is 47.5 Å². The van der Waals surface area contributed by atoms with Crippen LogP contribution in [0.25, 0.3) is 11.1 Å². The summed E-state index contributed by atoms with van der Waals surface area (Å²) in [6.45, 7) is 12.9. The van der Waals surface area contributed by atoms with Crippen LogP contribution >= 0.6 is 0 Å². The maximum absolute atomic E-state index is 5.80. The number of benzene rings is 2. The van der Waals surface area contributed by atoms with Crippen molar-refractivity contribution in [1.29, 1.82) is 0 Å². The molecule has 2 nitrogen and oxygen atoms in total. The Kier molecular flexibility index (Phi) is 7.49. The normalized spacial score (nSPS) is 36.0. The Morgan fingerprint density at radius 1 is 0.721 bits per heavy atom. The number of hydrogen-bond donors (Lipinski definition) is 0. The molecule has 0 heterocycles. The van der Waals surface area contributed by atoms with Gasteiger partial charge in [-0.1, -0.05) is 66.0 Å². The van der Waals surface area contributed by atoms with Gasteiger partial charge in [0.25, 0.3) is 0 Å². The van der Waals surface area contributed by atoms with Gasteiger partial charge in [0.15, 0.2) is 0 Å². The Labute approximate surface area is 262 Å². The van der Waals surface area contributed by atoms with Gasteiger partial charge in [-0.2, -0.15) is 0 Å². The van der Waals surface area contributed by atoms with Gasteiger partial charge in [0.2, 0.25) is 0 Å². The summed E-state index contributed by atoms with van der Waals surface area (Å²) in [5.74, 6) is 8.28. The van der Waals surface area contributed by atoms with Gasteiger partial charge in [-0.15, -0.1) is 0 Å². The molecule has 2 aromatic rings. The quantitative estimate of drug-likeness (QED) is 0.323. The van der Waals surface area contributed by atoms with Crippen molar-refractivity contribution in [1.82, 2.24) is 0 Å². The third kappa shape index (κ3) is 4.46. The second-order valence-electron chi connectivity index (χ2n) is 16.8. The molecule has 8 atom stereocenters. The van der Waals surface area contributed by atoms with E-state index in [-0.39, 0.29) is 5.41 Å². The van der Waals surface area contributed by atoms with E-state index < -0.39 is 0 Å². The van der Waals surface area contributed by atoms with Crippen molar-refractivity contribution < 1.29 is 9.47 Å². The van der Waals surface area contributed by atoms with Crippen molar-refractivity contribution in [3.63, 3.8) is 0 Å². The highest BCUT2D eigenvalue weighted by molar-refractivity contribution is 5.82. The smallest absolute Gasteiger partial charge is 0.119 e. The lowest BCUT2D eigenvalue weighted by molar-refractivity contribution is -0.121. The summed E-state index contributed by atoms with van der Waals surface area (Å²) in [6.07, 6.45) is 17.0. The predicted molar refractivity (Wildman–Crippen MR) is 179 cm³/mol. The number of ether oxygens (including phenoxy) is 2. The summed E-state index contributed by atoms with van der Waals surface area (Å²) in [4.78, 5) is 0. The summed E-state index contributed by atoms with van der Waals surface area (Å²) >= 11 is 0. The summed E-state index contributed by atoms with van der Waals surface area (Å²) in [6, 6.07) is 13.7. The Bertz CT molecular complexity index is 1290. The van der Waals surface area contributed by atoms with Crippen LogP contribution in [-0.2, 0) is 5.41 Å². The fourth-order valence-electron chi connectivity index (χ4n) is 12.5. The lowest BCUT2D eigenvalue weighted by Crippen LogP contribution is -2.55. The van der Waals surface area contributed by atoms with Crippen LogP contribution in [0, 0.1) is 52.3 Å². The molecule has 5 aliphatic carbocycles. The van der Waals surface area contributed by atoms with Crippen molar-refractivity contribution in [2.75, 3.05) is 14.2 Å². The molecule has 0 radical (unpaired) electrons. The topological polar surface area (TPSA) is 18.5 Å². The van der Waals surface area contributed by atoms with Crippen molar-refractivity contribution in [2.45, 2.75) is 117 Å². The van der Waals surface area contributed by atoms with Crippen LogP contribution in [0.5, 0.6) is 11.5 Å². The molecular weight excluding hydrogens is 524 g/mol. The lowest BCUT2D eigenvalue weighted by atomic mass is 9.42. The SMILES string of the molecule is COc1ccc2c(c1)C1(CC[C@@]3(C)C(CC[C@H]4[C@@H]5CC[C@H]([C@H](C)CCCC(C)C)[C@@]5(C)CC[C@@H]43)C1)c1cc(OC)ccc1-2. The van der Waals surface area contributed by atoms with E-state index in [1.165, 1.54) is 99.3 Å². The Balaban J connectivity index is 1.16. The van der Waals surface area contributed by atoms with Crippen LogP contribution in [0.15, 0.2) is 36.4 Å². The van der Waals surface area contributed by atoms with E-state index in [0.29, 0.717) is 10.8 Å². The molecule has 0 aromatic heterocycles. The number of rotatable bonds is 7. The molecule has 1 unspecified atom stereocenters. The molecule has 234 valence electrons. The predicted octanol–water partition coefficient (Wildman–Crippen LogP) is 11.1. The minimum absolute atomic E-state index is 0.0812.